The molecule has 0 saturated carbocycles. The molecule has 2 N–H and O–H groups in total. The fourth-order valence-corrected chi connectivity index (χ4v) is 5.61. The lowest BCUT2D eigenvalue weighted by molar-refractivity contribution is 0.0306. The molecule has 1 fully saturated rings. The minimum Gasteiger partial charge on any atom is -0.508 e. The van der Waals surface area contributed by atoms with E-state index in [9.17, 15) is 10.2 Å². The zero-order chi connectivity index (χ0) is 23.5. The van der Waals surface area contributed by atoms with Crippen molar-refractivity contribution in [3.63, 3.8) is 0 Å². The molecule has 2 aromatic carbocycles. The smallest absolute Gasteiger partial charge is 0.123 e. The highest BCUT2D eigenvalue weighted by molar-refractivity contribution is 7.13. The maximum atomic E-state index is 10.2. The number of aliphatic hydroxyl groups is 1. The summed E-state index contributed by atoms with van der Waals surface area (Å²) in [5.41, 5.74) is 4.02. The van der Waals surface area contributed by atoms with Crippen LogP contribution in [0.4, 0.5) is 0 Å². The summed E-state index contributed by atoms with van der Waals surface area (Å²) in [6.07, 6.45) is 1.42. The van der Waals surface area contributed by atoms with Crippen LogP contribution in [-0.4, -0.2) is 56.7 Å². The molecule has 5 nitrogen and oxygen atoms in total. The van der Waals surface area contributed by atoms with Crippen LogP contribution >= 0.6 is 11.3 Å². The predicted octanol–water partition coefficient (Wildman–Crippen LogP) is 5.24. The number of rotatable bonds is 7. The van der Waals surface area contributed by atoms with Crippen LogP contribution < -0.4 is 0 Å². The van der Waals surface area contributed by atoms with Gasteiger partial charge in [-0.05, 0) is 44.0 Å². The summed E-state index contributed by atoms with van der Waals surface area (Å²) in [6, 6.07) is 17.0. The second kappa shape index (κ2) is 10.2. The third-order valence-electron chi connectivity index (χ3n) is 6.47. The molecule has 3 aromatic rings. The van der Waals surface area contributed by atoms with E-state index in [0.29, 0.717) is 17.8 Å². The first kappa shape index (κ1) is 23.6. The van der Waals surface area contributed by atoms with Gasteiger partial charge in [0.15, 0.2) is 0 Å². The summed E-state index contributed by atoms with van der Waals surface area (Å²) >= 11 is 1.55. The van der Waals surface area contributed by atoms with Crippen LogP contribution in [0.3, 0.4) is 0 Å². The summed E-state index contributed by atoms with van der Waals surface area (Å²) in [5.74, 6) is 0.286. The van der Waals surface area contributed by atoms with Crippen LogP contribution in [0, 0.1) is 0 Å². The molecule has 0 aliphatic carbocycles. The van der Waals surface area contributed by atoms with Crippen molar-refractivity contribution in [1.29, 1.82) is 0 Å². The molecule has 1 aliphatic heterocycles. The number of nitrogens with zero attached hydrogens (tertiary/aromatic N) is 3. The molecule has 1 unspecified atom stereocenters. The van der Waals surface area contributed by atoms with Crippen molar-refractivity contribution in [2.24, 2.45) is 0 Å². The average molecular weight is 464 g/mol. The Labute approximate surface area is 200 Å². The number of phenols is 1. The van der Waals surface area contributed by atoms with E-state index >= 15 is 0 Å². The van der Waals surface area contributed by atoms with E-state index in [2.05, 4.69) is 65.5 Å². The van der Waals surface area contributed by atoms with Crippen LogP contribution in [-0.2, 0) is 0 Å². The standard InChI is InChI=1S/C27H33N3O2S/c1-5-13-29-15-19(3)30(16-18(29)2)26(23-7-6-8-24(32)14-23)21-9-11-22(12-10-21)27-28-25(17-33-27)20(4)31/h5-12,14,17-20,26,31-32H,1,13,15-16H2,2-4H3/t18-,19+,20?,26-/m1/s1. The van der Waals surface area contributed by atoms with Crippen molar-refractivity contribution >= 4 is 11.3 Å². The molecule has 1 saturated heterocycles. The molecule has 0 bridgehead atoms. The van der Waals surface area contributed by atoms with Crippen LogP contribution in [0.25, 0.3) is 10.6 Å². The number of piperazine rings is 1. The molecule has 1 aliphatic rings. The van der Waals surface area contributed by atoms with Gasteiger partial charge in [0.1, 0.15) is 10.8 Å². The van der Waals surface area contributed by atoms with Gasteiger partial charge in [0.2, 0.25) is 0 Å². The first-order valence-corrected chi connectivity index (χ1v) is 12.4. The zero-order valence-corrected chi connectivity index (χ0v) is 20.4. The summed E-state index contributed by atoms with van der Waals surface area (Å²) < 4.78 is 0. The SMILES string of the molecule is C=CCN1C[C@H](C)N([C@H](c2ccc(-c3nc(C(C)O)cs3)cc2)c2cccc(O)c2)C[C@H]1C. The number of phenolic OH excluding ortho intramolecular Hbond substituents is 1. The fraction of sp³-hybridized carbons (Fsp3) is 0.370. The zero-order valence-electron chi connectivity index (χ0n) is 19.6. The minimum absolute atomic E-state index is 0.0406. The van der Waals surface area contributed by atoms with Crippen molar-refractivity contribution in [2.45, 2.75) is 45.0 Å². The second-order valence-electron chi connectivity index (χ2n) is 9.01. The molecule has 0 amide bonds. The molecule has 0 radical (unpaired) electrons. The third kappa shape index (κ3) is 5.20. The Morgan fingerprint density at radius 2 is 1.88 bits per heavy atom. The molecule has 33 heavy (non-hydrogen) atoms. The molecule has 6 heteroatoms. The Kier molecular flexibility index (Phi) is 7.29. The van der Waals surface area contributed by atoms with Gasteiger partial charge in [-0.25, -0.2) is 4.98 Å². The van der Waals surface area contributed by atoms with Gasteiger partial charge in [-0.2, -0.15) is 0 Å². The maximum absolute atomic E-state index is 10.2. The molecule has 0 spiro atoms. The lowest BCUT2D eigenvalue weighted by Gasteiger charge is -2.47. The van der Waals surface area contributed by atoms with E-state index in [4.69, 9.17) is 0 Å². The monoisotopic (exact) mass is 463 g/mol. The van der Waals surface area contributed by atoms with Gasteiger partial charge in [0.25, 0.3) is 0 Å². The van der Waals surface area contributed by atoms with Crippen molar-refractivity contribution in [3.05, 3.63) is 83.4 Å². The number of aliphatic hydroxyl groups excluding tert-OH is 1. The van der Waals surface area contributed by atoms with Gasteiger partial charge in [0.05, 0.1) is 17.8 Å². The topological polar surface area (TPSA) is 59.8 Å². The van der Waals surface area contributed by atoms with Crippen molar-refractivity contribution in [2.75, 3.05) is 19.6 Å². The molecule has 2 heterocycles. The number of aromatic hydroxyl groups is 1. The highest BCUT2D eigenvalue weighted by atomic mass is 32.1. The van der Waals surface area contributed by atoms with E-state index in [0.717, 1.165) is 35.8 Å². The Morgan fingerprint density at radius 1 is 1.12 bits per heavy atom. The van der Waals surface area contributed by atoms with E-state index in [1.165, 1.54) is 5.56 Å². The normalized spacial score (nSPS) is 21.6. The van der Waals surface area contributed by atoms with Gasteiger partial charge in [0, 0.05) is 42.7 Å². The summed E-state index contributed by atoms with van der Waals surface area (Å²) in [6.45, 7) is 13.0. The van der Waals surface area contributed by atoms with Crippen LogP contribution in [0.1, 0.15) is 49.7 Å². The Morgan fingerprint density at radius 3 is 2.52 bits per heavy atom. The first-order chi connectivity index (χ1) is 15.9. The Bertz CT molecular complexity index is 1080. The first-order valence-electron chi connectivity index (χ1n) is 11.5. The number of benzene rings is 2. The lowest BCUT2D eigenvalue weighted by atomic mass is 9.93. The number of thiazole rings is 1. The van der Waals surface area contributed by atoms with Crippen LogP contribution in [0.2, 0.25) is 0 Å². The lowest BCUT2D eigenvalue weighted by Crippen LogP contribution is -2.57. The van der Waals surface area contributed by atoms with Gasteiger partial charge in [-0.15, -0.1) is 17.9 Å². The molecule has 4 atom stereocenters. The van der Waals surface area contributed by atoms with Gasteiger partial charge < -0.3 is 10.2 Å². The van der Waals surface area contributed by atoms with Crippen molar-refractivity contribution in [1.82, 2.24) is 14.8 Å². The average Bonchev–Trinajstić information content (AvgIpc) is 3.29. The molecule has 4 rings (SSSR count). The molecular weight excluding hydrogens is 430 g/mol. The summed E-state index contributed by atoms with van der Waals surface area (Å²) in [5, 5.41) is 22.8. The van der Waals surface area contributed by atoms with Gasteiger partial charge in [-0.1, -0.05) is 42.5 Å². The minimum atomic E-state index is -0.562. The van der Waals surface area contributed by atoms with Crippen LogP contribution in [0.15, 0.2) is 66.6 Å². The molecular formula is C27H33N3O2S. The number of aromatic nitrogens is 1. The molecule has 174 valence electrons. The number of hydrogen-bond donors (Lipinski definition) is 2. The second-order valence-corrected chi connectivity index (χ2v) is 9.87. The Hall–Kier alpha value is -2.51. The quantitative estimate of drug-likeness (QED) is 0.469. The van der Waals surface area contributed by atoms with Crippen molar-refractivity contribution < 1.29 is 10.2 Å². The molecule has 1 aromatic heterocycles. The van der Waals surface area contributed by atoms with Crippen LogP contribution in [0.5, 0.6) is 5.75 Å². The predicted molar refractivity (Wildman–Crippen MR) is 136 cm³/mol. The summed E-state index contributed by atoms with van der Waals surface area (Å²) in [4.78, 5) is 9.59. The van der Waals surface area contributed by atoms with Gasteiger partial charge in [-0.3, -0.25) is 9.80 Å². The third-order valence-corrected chi connectivity index (χ3v) is 7.38. The van der Waals surface area contributed by atoms with E-state index < -0.39 is 6.10 Å². The highest BCUT2D eigenvalue weighted by Crippen LogP contribution is 2.36. The summed E-state index contributed by atoms with van der Waals surface area (Å²) in [7, 11) is 0. The number of hydrogen-bond acceptors (Lipinski definition) is 6. The van der Waals surface area contributed by atoms with Gasteiger partial charge >= 0.3 is 0 Å². The van der Waals surface area contributed by atoms with E-state index in [1.54, 1.807) is 24.3 Å². The van der Waals surface area contributed by atoms with E-state index in [1.807, 2.05) is 23.6 Å². The largest absolute Gasteiger partial charge is 0.508 e. The Balaban J connectivity index is 1.67. The maximum Gasteiger partial charge on any atom is 0.123 e. The fourth-order valence-electron chi connectivity index (χ4n) is 4.69. The van der Waals surface area contributed by atoms with Crippen molar-refractivity contribution in [3.8, 4) is 16.3 Å². The highest BCUT2D eigenvalue weighted by Gasteiger charge is 2.34. The van der Waals surface area contributed by atoms with E-state index in [-0.39, 0.29) is 11.8 Å².